The lowest BCUT2D eigenvalue weighted by atomic mass is 9.83. The van der Waals surface area contributed by atoms with Crippen molar-refractivity contribution in [3.63, 3.8) is 0 Å². The van der Waals surface area contributed by atoms with Gasteiger partial charge >= 0.3 is 0 Å². The topological polar surface area (TPSA) is 0 Å². The molecule has 10 aromatic rings. The van der Waals surface area contributed by atoms with Gasteiger partial charge in [0.25, 0.3) is 0 Å². The quantitative estimate of drug-likeness (QED) is 0.182. The normalized spacial score (nSPS) is 11.9. The summed E-state index contributed by atoms with van der Waals surface area (Å²) in [5.41, 5.74) is 7.62. The van der Waals surface area contributed by atoms with Crippen LogP contribution in [0.4, 0.5) is 0 Å². The summed E-state index contributed by atoms with van der Waals surface area (Å²) in [5.74, 6) is 0. The lowest BCUT2D eigenvalue weighted by molar-refractivity contribution is 1.63. The first kappa shape index (κ1) is 25.4. The monoisotopic (exact) mass is 580 g/mol. The van der Waals surface area contributed by atoms with Gasteiger partial charge in [0.05, 0.1) is 0 Å². The van der Waals surface area contributed by atoms with Crippen LogP contribution in [0.25, 0.3) is 98.0 Å². The van der Waals surface area contributed by atoms with Gasteiger partial charge in [0, 0.05) is 0 Å². The van der Waals surface area contributed by atoms with Gasteiger partial charge in [0.1, 0.15) is 0 Å². The average Bonchev–Trinajstić information content (AvgIpc) is 3.13. The van der Waals surface area contributed by atoms with Crippen molar-refractivity contribution < 1.29 is 0 Å². The molecular weight excluding hydrogens is 553 g/mol. The molecule has 0 N–H and O–H groups in total. The maximum atomic E-state index is 2.43. The number of hydrogen-bond donors (Lipinski definition) is 0. The van der Waals surface area contributed by atoms with Crippen molar-refractivity contribution in [2.24, 2.45) is 0 Å². The van der Waals surface area contributed by atoms with Gasteiger partial charge < -0.3 is 0 Å². The third-order valence-corrected chi connectivity index (χ3v) is 9.94. The van der Waals surface area contributed by atoms with Gasteiger partial charge in [-0.15, -0.1) is 0 Å². The molecule has 0 heterocycles. The maximum absolute atomic E-state index is 2.43. The maximum Gasteiger partial charge on any atom is -0.00201 e. The molecule has 46 heavy (non-hydrogen) atoms. The van der Waals surface area contributed by atoms with Crippen LogP contribution in [0.15, 0.2) is 170 Å². The molecule has 0 bridgehead atoms. The number of fused-ring (bicyclic) bond motifs is 4. The second kappa shape index (κ2) is 9.76. The van der Waals surface area contributed by atoms with Gasteiger partial charge in [-0.25, -0.2) is 0 Å². The summed E-state index contributed by atoms with van der Waals surface area (Å²) in [6.45, 7) is 0. The van der Waals surface area contributed by atoms with Gasteiger partial charge in [-0.1, -0.05) is 140 Å². The Morgan fingerprint density at radius 1 is 0.217 bits per heavy atom. The van der Waals surface area contributed by atoms with Crippen LogP contribution in [0.1, 0.15) is 0 Å². The molecule has 0 heteroatoms. The summed E-state index contributed by atoms with van der Waals surface area (Å²) >= 11 is 0. The summed E-state index contributed by atoms with van der Waals surface area (Å²) < 4.78 is 0. The van der Waals surface area contributed by atoms with Crippen molar-refractivity contribution in [1.29, 1.82) is 0 Å². The van der Waals surface area contributed by atoms with Crippen LogP contribution in [-0.4, -0.2) is 0 Å². The van der Waals surface area contributed by atoms with Crippen LogP contribution in [0, 0.1) is 0 Å². The van der Waals surface area contributed by atoms with Crippen LogP contribution in [0.3, 0.4) is 0 Å². The predicted octanol–water partition coefficient (Wildman–Crippen LogP) is 13.0. The molecule has 0 aliphatic rings. The molecule has 0 unspecified atom stereocenters. The molecule has 0 saturated carbocycles. The fourth-order valence-corrected chi connectivity index (χ4v) is 7.90. The molecule has 0 aromatic heterocycles. The van der Waals surface area contributed by atoms with E-state index in [-0.39, 0.29) is 0 Å². The molecule has 0 atom stereocenters. The van der Waals surface area contributed by atoms with Crippen LogP contribution in [-0.2, 0) is 0 Å². The lowest BCUT2D eigenvalue weighted by Crippen LogP contribution is -1.93. The SMILES string of the molecule is c1ccc(-c2cc3ccccc3cc2-c2cc3cccc4c(-c5cc6ccccc6c6ccccc56)cc5cccc2c5c34)cc1. The summed E-state index contributed by atoms with van der Waals surface area (Å²) in [7, 11) is 0. The highest BCUT2D eigenvalue weighted by molar-refractivity contribution is 6.30. The number of benzene rings is 10. The minimum Gasteiger partial charge on any atom is -0.0622 e. The molecule has 212 valence electrons. The third kappa shape index (κ3) is 3.68. The molecule has 0 amide bonds. The van der Waals surface area contributed by atoms with E-state index in [1.54, 1.807) is 0 Å². The first-order chi connectivity index (χ1) is 22.8. The van der Waals surface area contributed by atoms with Gasteiger partial charge in [0.2, 0.25) is 0 Å². The Kier molecular flexibility index (Phi) is 5.38. The van der Waals surface area contributed by atoms with Crippen molar-refractivity contribution >= 4 is 64.6 Å². The highest BCUT2D eigenvalue weighted by atomic mass is 14.2. The Labute approximate surface area is 267 Å². The average molecular weight is 581 g/mol. The number of hydrogen-bond acceptors (Lipinski definition) is 0. The Morgan fingerprint density at radius 3 is 1.30 bits per heavy atom. The Bertz CT molecular complexity index is 2790. The van der Waals surface area contributed by atoms with E-state index < -0.39 is 0 Å². The zero-order valence-electron chi connectivity index (χ0n) is 25.2. The van der Waals surface area contributed by atoms with Crippen LogP contribution in [0.5, 0.6) is 0 Å². The highest BCUT2D eigenvalue weighted by Crippen LogP contribution is 2.47. The summed E-state index contributed by atoms with van der Waals surface area (Å²) in [5, 5.41) is 15.5. The van der Waals surface area contributed by atoms with Crippen LogP contribution < -0.4 is 0 Å². The molecule has 0 nitrogen and oxygen atoms in total. The van der Waals surface area contributed by atoms with Gasteiger partial charge in [-0.2, -0.15) is 0 Å². The Morgan fingerprint density at radius 2 is 0.630 bits per heavy atom. The fraction of sp³-hybridized carbons (Fsp3) is 0. The largest absolute Gasteiger partial charge is 0.0622 e. The molecule has 0 spiro atoms. The van der Waals surface area contributed by atoms with E-state index in [1.807, 2.05) is 0 Å². The zero-order valence-corrected chi connectivity index (χ0v) is 25.2. The van der Waals surface area contributed by atoms with Crippen molar-refractivity contribution in [1.82, 2.24) is 0 Å². The standard InChI is InChI=1S/C46H28/c1-2-12-29(13-3-1)40-24-30-14-4-5-15-31(30)25-44(40)43-28-34-18-10-22-38-42(27-33-17-11-23-39(43)46(33)45(34)38)41-26-32-16-6-7-19-35(32)36-20-8-9-21-37(36)41/h1-28H. The van der Waals surface area contributed by atoms with E-state index in [1.165, 1.54) is 98.0 Å². The molecule has 0 fully saturated rings. The van der Waals surface area contributed by atoms with E-state index in [0.29, 0.717) is 0 Å². The van der Waals surface area contributed by atoms with Crippen molar-refractivity contribution in [3.8, 4) is 33.4 Å². The molecule has 10 aromatic carbocycles. The van der Waals surface area contributed by atoms with Gasteiger partial charge in [-0.05, 0) is 128 Å². The van der Waals surface area contributed by atoms with Crippen LogP contribution >= 0.6 is 0 Å². The first-order valence-corrected chi connectivity index (χ1v) is 16.0. The van der Waals surface area contributed by atoms with E-state index in [0.717, 1.165) is 0 Å². The van der Waals surface area contributed by atoms with Gasteiger partial charge in [0.15, 0.2) is 0 Å². The smallest absolute Gasteiger partial charge is 0.00201 e. The molecular formula is C46H28. The Balaban J connectivity index is 1.32. The molecule has 10 rings (SSSR count). The minimum absolute atomic E-state index is 1.24. The molecule has 0 radical (unpaired) electrons. The Hall–Kier alpha value is -5.98. The van der Waals surface area contributed by atoms with Gasteiger partial charge in [-0.3, -0.25) is 0 Å². The first-order valence-electron chi connectivity index (χ1n) is 16.0. The lowest BCUT2D eigenvalue weighted by Gasteiger charge is -2.20. The highest BCUT2D eigenvalue weighted by Gasteiger charge is 2.20. The minimum atomic E-state index is 1.24. The summed E-state index contributed by atoms with van der Waals surface area (Å²) in [6, 6.07) is 62.9. The second-order valence-corrected chi connectivity index (χ2v) is 12.5. The zero-order chi connectivity index (χ0) is 30.2. The van der Waals surface area contributed by atoms with E-state index in [2.05, 4.69) is 170 Å². The van der Waals surface area contributed by atoms with Crippen molar-refractivity contribution in [2.75, 3.05) is 0 Å². The second-order valence-electron chi connectivity index (χ2n) is 12.5. The summed E-state index contributed by atoms with van der Waals surface area (Å²) in [4.78, 5) is 0. The van der Waals surface area contributed by atoms with E-state index in [9.17, 15) is 0 Å². The predicted molar refractivity (Wildman–Crippen MR) is 199 cm³/mol. The van der Waals surface area contributed by atoms with Crippen molar-refractivity contribution in [3.05, 3.63) is 170 Å². The van der Waals surface area contributed by atoms with Crippen molar-refractivity contribution in [2.45, 2.75) is 0 Å². The fourth-order valence-electron chi connectivity index (χ4n) is 7.90. The van der Waals surface area contributed by atoms with E-state index >= 15 is 0 Å². The summed E-state index contributed by atoms with van der Waals surface area (Å²) in [6.07, 6.45) is 0. The molecule has 0 aliphatic carbocycles. The molecule has 0 aliphatic heterocycles. The number of rotatable bonds is 3. The molecule has 0 saturated heterocycles. The van der Waals surface area contributed by atoms with Crippen LogP contribution in [0.2, 0.25) is 0 Å². The van der Waals surface area contributed by atoms with E-state index in [4.69, 9.17) is 0 Å². The third-order valence-electron chi connectivity index (χ3n) is 9.94.